The molecule has 6 rings (SSSR count). The minimum atomic E-state index is -2.11. The zero-order valence-electron chi connectivity index (χ0n) is 25.4. The number of piperidine rings is 1. The van der Waals surface area contributed by atoms with Crippen LogP contribution in [-0.2, 0) is 14.3 Å². The van der Waals surface area contributed by atoms with Crippen LogP contribution < -0.4 is 10.2 Å². The Hall–Kier alpha value is -4.56. The molecule has 5 heterocycles. The number of aryl methyl sites for hydroxylation is 1. The minimum absolute atomic E-state index is 0.0749. The molecule has 2 saturated heterocycles. The van der Waals surface area contributed by atoms with Gasteiger partial charge in [0.05, 0.1) is 24.1 Å². The third kappa shape index (κ3) is 5.55. The fraction of sp³-hybridized carbons (Fsp3) is 0.375. The highest BCUT2D eigenvalue weighted by Crippen LogP contribution is 2.42. The molecule has 0 unspecified atom stereocenters. The Morgan fingerprint density at radius 2 is 2.04 bits per heavy atom. The summed E-state index contributed by atoms with van der Waals surface area (Å²) < 4.78 is 36.6. The Labute approximate surface area is 267 Å². The molecule has 0 bridgehead atoms. The number of aromatic carboxylic acids is 1. The number of rotatable bonds is 8. The lowest BCUT2D eigenvalue weighted by atomic mass is 9.84. The zero-order chi connectivity index (χ0) is 32.7. The number of carboxylic acid groups (broad SMARTS) is 1. The van der Waals surface area contributed by atoms with E-state index in [0.29, 0.717) is 38.9 Å². The summed E-state index contributed by atoms with van der Waals surface area (Å²) in [7, 11) is 0. The number of amidine groups is 1. The second-order valence-corrected chi connectivity index (χ2v) is 12.4. The number of alkyl halides is 1. The van der Waals surface area contributed by atoms with Gasteiger partial charge in [-0.05, 0) is 49.6 Å². The normalized spacial score (nSPS) is 23.2. The minimum Gasteiger partial charge on any atom is -0.477 e. The van der Waals surface area contributed by atoms with E-state index in [1.54, 1.807) is 44.5 Å². The third-order valence-electron chi connectivity index (χ3n) is 8.74. The molecule has 14 heteroatoms. The first-order valence-electron chi connectivity index (χ1n) is 14.8. The van der Waals surface area contributed by atoms with Crippen LogP contribution in [0.4, 0.5) is 14.5 Å². The SMILES string of the molecule is CCOC(=O)C1=C(CN2CC[C@]3(F)C(=O)N(c4cnc(C(=O)O)c(C)c4)C[C@@H]3C2)NC(c2nccs2)=N[C@H]1c1cccc(F)c1C. The van der Waals surface area contributed by atoms with Crippen molar-refractivity contribution in [3.63, 3.8) is 0 Å². The van der Waals surface area contributed by atoms with Crippen LogP contribution >= 0.6 is 11.3 Å². The van der Waals surface area contributed by atoms with Gasteiger partial charge < -0.3 is 20.1 Å². The van der Waals surface area contributed by atoms with Crippen LogP contribution in [0.1, 0.15) is 51.6 Å². The van der Waals surface area contributed by atoms with Crippen LogP contribution in [-0.4, -0.2) is 82.1 Å². The molecule has 0 saturated carbocycles. The number of hydrogen-bond donors (Lipinski definition) is 2. The molecule has 3 atom stereocenters. The van der Waals surface area contributed by atoms with E-state index in [1.165, 1.54) is 34.6 Å². The number of anilines is 1. The number of nitrogens with one attached hydrogen (secondary N) is 1. The van der Waals surface area contributed by atoms with Crippen LogP contribution in [0.25, 0.3) is 0 Å². The van der Waals surface area contributed by atoms with Crippen molar-refractivity contribution in [2.24, 2.45) is 10.9 Å². The molecular weight excluding hydrogens is 618 g/mol. The van der Waals surface area contributed by atoms with E-state index < -0.39 is 41.3 Å². The number of halogens is 2. The van der Waals surface area contributed by atoms with Crippen molar-refractivity contribution in [2.75, 3.05) is 37.7 Å². The third-order valence-corrected chi connectivity index (χ3v) is 9.52. The summed E-state index contributed by atoms with van der Waals surface area (Å²) in [6.07, 6.45) is 2.84. The molecule has 46 heavy (non-hydrogen) atoms. The number of aromatic nitrogens is 2. The van der Waals surface area contributed by atoms with E-state index in [9.17, 15) is 23.9 Å². The number of thiazole rings is 1. The first kappa shape index (κ1) is 31.4. The highest BCUT2D eigenvalue weighted by molar-refractivity contribution is 7.11. The molecule has 3 aromatic rings. The van der Waals surface area contributed by atoms with Gasteiger partial charge in [-0.25, -0.2) is 28.3 Å². The molecule has 0 spiro atoms. The number of fused-ring (bicyclic) bond motifs is 1. The number of pyridine rings is 1. The van der Waals surface area contributed by atoms with E-state index in [-0.39, 0.29) is 50.5 Å². The van der Waals surface area contributed by atoms with E-state index in [1.807, 2.05) is 4.90 Å². The summed E-state index contributed by atoms with van der Waals surface area (Å²) >= 11 is 1.35. The summed E-state index contributed by atoms with van der Waals surface area (Å²) in [6.45, 7) is 5.70. The number of aliphatic imine (C=N–C) groups is 1. The predicted molar refractivity (Wildman–Crippen MR) is 166 cm³/mol. The largest absolute Gasteiger partial charge is 0.477 e. The molecule has 2 fully saturated rings. The van der Waals surface area contributed by atoms with E-state index in [0.717, 1.165) is 0 Å². The molecule has 0 aliphatic carbocycles. The van der Waals surface area contributed by atoms with Crippen LogP contribution in [0.5, 0.6) is 0 Å². The number of amides is 1. The maximum atomic E-state index is 16.4. The lowest BCUT2D eigenvalue weighted by molar-refractivity contribution is -0.139. The number of carbonyl (C=O) groups excluding carboxylic acids is 2. The standard InChI is InChI=1S/C32H32F2N6O5S/c1-4-45-30(43)24-23(37-27(28-35-9-11-46-28)38-26(24)21-6-5-7-22(33)18(21)3)16-39-10-8-32(34)19(14-39)15-40(31(32)44)20-12-17(2)25(29(41)42)36-13-20/h5-7,9,11-13,19,26H,4,8,10,14-16H2,1-3H3,(H,37,38)(H,41,42)/t19-,26-,32+/m0/s1. The van der Waals surface area contributed by atoms with Gasteiger partial charge in [0.15, 0.2) is 22.2 Å². The lowest BCUT2D eigenvalue weighted by Gasteiger charge is -2.38. The van der Waals surface area contributed by atoms with Crippen LogP contribution in [0.2, 0.25) is 0 Å². The zero-order valence-corrected chi connectivity index (χ0v) is 26.2. The number of hydrogen-bond acceptors (Lipinski definition) is 10. The Bertz CT molecular complexity index is 1780. The maximum Gasteiger partial charge on any atom is 0.354 e. The second-order valence-electron chi connectivity index (χ2n) is 11.5. The maximum absolute atomic E-state index is 16.4. The summed E-state index contributed by atoms with van der Waals surface area (Å²) in [5, 5.41) is 15.0. The Morgan fingerprint density at radius 3 is 2.74 bits per heavy atom. The van der Waals surface area contributed by atoms with Gasteiger partial charge in [-0.2, -0.15) is 0 Å². The molecule has 3 aliphatic rings. The number of carboxylic acids is 1. The molecule has 2 N–H and O–H groups in total. The summed E-state index contributed by atoms with van der Waals surface area (Å²) in [5.41, 5.74) is 0.0152. The van der Waals surface area contributed by atoms with Crippen molar-refractivity contribution in [3.8, 4) is 0 Å². The fourth-order valence-corrected chi connectivity index (χ4v) is 6.96. The van der Waals surface area contributed by atoms with Crippen LogP contribution in [0, 0.1) is 25.6 Å². The summed E-state index contributed by atoms with van der Waals surface area (Å²) in [5.74, 6) is -3.18. The van der Waals surface area contributed by atoms with E-state index in [4.69, 9.17) is 9.73 Å². The molecule has 11 nitrogen and oxygen atoms in total. The van der Waals surface area contributed by atoms with Gasteiger partial charge in [-0.15, -0.1) is 11.3 Å². The van der Waals surface area contributed by atoms with Gasteiger partial charge in [0.2, 0.25) is 0 Å². The first-order valence-corrected chi connectivity index (χ1v) is 15.7. The smallest absolute Gasteiger partial charge is 0.354 e. The fourth-order valence-electron chi connectivity index (χ4n) is 6.37. The Balaban J connectivity index is 1.32. The van der Waals surface area contributed by atoms with Gasteiger partial charge in [0, 0.05) is 55.8 Å². The average Bonchev–Trinajstić information content (AvgIpc) is 3.65. The van der Waals surface area contributed by atoms with Crippen molar-refractivity contribution in [1.29, 1.82) is 0 Å². The highest BCUT2D eigenvalue weighted by Gasteiger charge is 2.57. The molecule has 0 radical (unpaired) electrons. The molecular formula is C32H32F2N6O5S. The number of benzene rings is 1. The monoisotopic (exact) mass is 650 g/mol. The van der Waals surface area contributed by atoms with Gasteiger partial charge in [-0.3, -0.25) is 14.7 Å². The second kappa shape index (κ2) is 12.3. The van der Waals surface area contributed by atoms with Gasteiger partial charge in [-0.1, -0.05) is 12.1 Å². The van der Waals surface area contributed by atoms with Crippen molar-refractivity contribution >= 4 is 40.7 Å². The molecule has 240 valence electrons. The number of likely N-dealkylation sites (tertiary alicyclic amines) is 1. The predicted octanol–water partition coefficient (Wildman–Crippen LogP) is 3.98. The highest BCUT2D eigenvalue weighted by atomic mass is 32.1. The number of carbonyl (C=O) groups is 3. The summed E-state index contributed by atoms with van der Waals surface area (Å²) in [6, 6.07) is 5.29. The van der Waals surface area contributed by atoms with Crippen LogP contribution in [0.15, 0.2) is 58.3 Å². The average molecular weight is 651 g/mol. The number of ether oxygens (including phenoxy) is 1. The topological polar surface area (TPSA) is 137 Å². The van der Waals surface area contributed by atoms with Crippen molar-refractivity contribution in [3.05, 3.63) is 86.5 Å². The Morgan fingerprint density at radius 1 is 1.24 bits per heavy atom. The Kier molecular flexibility index (Phi) is 8.42. The number of nitrogens with zero attached hydrogens (tertiary/aromatic N) is 5. The van der Waals surface area contributed by atoms with Gasteiger partial charge >= 0.3 is 11.9 Å². The first-order chi connectivity index (χ1) is 22.0. The molecule has 1 aromatic carbocycles. The van der Waals surface area contributed by atoms with Crippen LogP contribution in [0.3, 0.4) is 0 Å². The summed E-state index contributed by atoms with van der Waals surface area (Å²) in [4.78, 5) is 54.8. The molecule has 3 aliphatic heterocycles. The quantitative estimate of drug-likeness (QED) is 0.347. The van der Waals surface area contributed by atoms with Crippen molar-refractivity contribution < 1.29 is 33.0 Å². The van der Waals surface area contributed by atoms with Crippen molar-refractivity contribution in [2.45, 2.75) is 38.9 Å². The molecule has 1 amide bonds. The van der Waals surface area contributed by atoms with Gasteiger partial charge in [0.1, 0.15) is 11.9 Å². The van der Waals surface area contributed by atoms with E-state index in [2.05, 4.69) is 15.3 Å². The number of esters is 1. The van der Waals surface area contributed by atoms with Gasteiger partial charge in [0.25, 0.3) is 5.91 Å². The van der Waals surface area contributed by atoms with Crippen molar-refractivity contribution in [1.82, 2.24) is 20.2 Å². The lowest BCUT2D eigenvalue weighted by Crippen LogP contribution is -2.52. The molecule has 2 aromatic heterocycles. The van der Waals surface area contributed by atoms with E-state index >= 15 is 4.39 Å².